The summed E-state index contributed by atoms with van der Waals surface area (Å²) < 4.78 is 6.57. The molecule has 0 atom stereocenters. The van der Waals surface area contributed by atoms with E-state index in [2.05, 4.69) is 118 Å². The van der Waals surface area contributed by atoms with Crippen molar-refractivity contribution in [3.05, 3.63) is 146 Å². The van der Waals surface area contributed by atoms with Crippen LogP contribution in [0.4, 0.5) is 0 Å². The largest absolute Gasteiger partial charge is 0.455 e. The van der Waals surface area contributed by atoms with E-state index in [9.17, 15) is 0 Å². The molecular formula is C45H34B5N3O. The number of furan rings is 1. The van der Waals surface area contributed by atoms with E-state index in [0.29, 0.717) is 17.5 Å². The molecule has 9 heteroatoms. The normalized spacial score (nSPS) is 11.3. The van der Waals surface area contributed by atoms with Gasteiger partial charge in [-0.2, -0.15) is 0 Å². The average Bonchev–Trinajstić information content (AvgIpc) is 3.61. The lowest BCUT2D eigenvalue weighted by atomic mass is 9.59. The molecule has 0 saturated heterocycles. The summed E-state index contributed by atoms with van der Waals surface area (Å²) >= 11 is 0. The molecule has 7 aromatic carbocycles. The van der Waals surface area contributed by atoms with Crippen LogP contribution in [0.3, 0.4) is 0 Å². The van der Waals surface area contributed by atoms with Gasteiger partial charge in [0.25, 0.3) is 0 Å². The molecule has 0 N–H and O–H groups in total. The molecule has 0 unspecified atom stereocenters. The highest BCUT2D eigenvalue weighted by Gasteiger charge is 2.18. The summed E-state index contributed by atoms with van der Waals surface area (Å²) in [6.07, 6.45) is 0. The minimum atomic E-state index is 0.575. The Hall–Kier alpha value is -6.33. The van der Waals surface area contributed by atoms with Crippen LogP contribution in [0.1, 0.15) is 0 Å². The van der Waals surface area contributed by atoms with Crippen LogP contribution in [0.2, 0.25) is 0 Å². The van der Waals surface area contributed by atoms with E-state index in [0.717, 1.165) is 49.8 Å². The van der Waals surface area contributed by atoms with Gasteiger partial charge in [-0.1, -0.05) is 138 Å². The zero-order valence-corrected chi connectivity index (χ0v) is 31.1. The molecule has 54 heavy (non-hydrogen) atoms. The lowest BCUT2D eigenvalue weighted by molar-refractivity contribution is 0.669. The molecule has 0 aliphatic carbocycles. The molecule has 2 aromatic heterocycles. The Morgan fingerprint density at radius 2 is 0.815 bits per heavy atom. The maximum Gasteiger partial charge on any atom is 0.167 e. The van der Waals surface area contributed by atoms with Gasteiger partial charge >= 0.3 is 0 Å². The van der Waals surface area contributed by atoms with Crippen molar-refractivity contribution >= 4 is 88.5 Å². The van der Waals surface area contributed by atoms with Gasteiger partial charge in [0.05, 0.1) is 5.56 Å². The van der Waals surface area contributed by atoms with Crippen LogP contribution in [0.25, 0.3) is 89.5 Å². The lowest BCUT2D eigenvalue weighted by Gasteiger charge is -2.20. The SMILES string of the molecule is Bc1c(B)c(B)c(-c2ccc(-c3ccc(-c4ccc5oc6c(-c7nc(-c8ccccc8)nc(-c8ccccc8)n7)cccc6c5c4)cc3)cc2)c(B)c1B. The van der Waals surface area contributed by atoms with Gasteiger partial charge in [0.15, 0.2) is 17.5 Å². The van der Waals surface area contributed by atoms with Crippen molar-refractivity contribution in [2.45, 2.75) is 0 Å². The third-order valence-electron chi connectivity index (χ3n) is 11.2. The van der Waals surface area contributed by atoms with E-state index in [1.54, 1.807) is 0 Å². The first kappa shape index (κ1) is 33.5. The highest BCUT2D eigenvalue weighted by Crippen LogP contribution is 2.38. The van der Waals surface area contributed by atoms with Crippen molar-refractivity contribution in [3.63, 3.8) is 0 Å². The number of aromatic nitrogens is 3. The molecule has 0 aliphatic rings. The van der Waals surface area contributed by atoms with Crippen LogP contribution in [-0.2, 0) is 0 Å². The van der Waals surface area contributed by atoms with E-state index in [1.807, 2.05) is 66.7 Å². The topological polar surface area (TPSA) is 51.8 Å². The number of fused-ring (bicyclic) bond motifs is 3. The molecule has 0 amide bonds. The predicted molar refractivity (Wildman–Crippen MR) is 241 cm³/mol. The fourth-order valence-electron chi connectivity index (χ4n) is 7.70. The molecule has 4 nitrogen and oxygen atoms in total. The number of hydrogen-bond donors (Lipinski definition) is 0. The maximum atomic E-state index is 6.57. The Morgan fingerprint density at radius 3 is 1.37 bits per heavy atom. The van der Waals surface area contributed by atoms with Crippen molar-refractivity contribution in [2.75, 3.05) is 0 Å². The fourth-order valence-corrected chi connectivity index (χ4v) is 7.70. The maximum absolute atomic E-state index is 6.57. The first-order chi connectivity index (χ1) is 26.3. The van der Waals surface area contributed by atoms with Crippen molar-refractivity contribution in [2.24, 2.45) is 0 Å². The summed E-state index contributed by atoms with van der Waals surface area (Å²) in [5, 5.41) is 2.07. The van der Waals surface area contributed by atoms with Crippen molar-refractivity contribution in [3.8, 4) is 67.5 Å². The van der Waals surface area contributed by atoms with Crippen LogP contribution in [0.15, 0.2) is 150 Å². The minimum absolute atomic E-state index is 0.575. The van der Waals surface area contributed by atoms with Gasteiger partial charge in [0.1, 0.15) is 50.4 Å². The van der Waals surface area contributed by atoms with E-state index >= 15 is 0 Å². The summed E-state index contributed by atoms with van der Waals surface area (Å²) in [6.45, 7) is 0. The monoisotopic (exact) mass is 687 g/mol. The Bertz CT molecular complexity index is 2770. The molecule has 0 aliphatic heterocycles. The Kier molecular flexibility index (Phi) is 8.43. The van der Waals surface area contributed by atoms with Gasteiger partial charge in [0, 0.05) is 21.9 Å². The molecule has 0 fully saturated rings. The number of rotatable bonds is 6. The summed E-state index contributed by atoms with van der Waals surface area (Å²) in [5.41, 5.74) is 18.5. The number of hydrogen-bond acceptors (Lipinski definition) is 4. The number of nitrogens with zero attached hydrogens (tertiary/aromatic N) is 3. The average molecular weight is 687 g/mol. The van der Waals surface area contributed by atoms with Crippen LogP contribution in [0.5, 0.6) is 0 Å². The van der Waals surface area contributed by atoms with Crippen LogP contribution in [-0.4, -0.2) is 54.2 Å². The third-order valence-corrected chi connectivity index (χ3v) is 11.2. The van der Waals surface area contributed by atoms with Gasteiger partial charge in [0.2, 0.25) is 0 Å². The first-order valence-corrected chi connectivity index (χ1v) is 18.4. The van der Waals surface area contributed by atoms with Gasteiger partial charge in [-0.15, -0.1) is 16.4 Å². The summed E-state index contributed by atoms with van der Waals surface area (Å²) in [7, 11) is 11.2. The van der Waals surface area contributed by atoms with Crippen molar-refractivity contribution in [1.29, 1.82) is 0 Å². The van der Waals surface area contributed by atoms with E-state index in [-0.39, 0.29) is 0 Å². The second-order valence-electron chi connectivity index (χ2n) is 14.2. The molecule has 250 valence electrons. The van der Waals surface area contributed by atoms with Gasteiger partial charge in [-0.3, -0.25) is 0 Å². The predicted octanol–water partition coefficient (Wildman–Crippen LogP) is 3.07. The van der Waals surface area contributed by atoms with Gasteiger partial charge < -0.3 is 4.42 Å². The smallest absolute Gasteiger partial charge is 0.167 e. The quantitative estimate of drug-likeness (QED) is 0.253. The molecule has 0 spiro atoms. The molecule has 0 bridgehead atoms. The summed E-state index contributed by atoms with van der Waals surface area (Å²) in [4.78, 5) is 14.8. The van der Waals surface area contributed by atoms with E-state index in [1.165, 1.54) is 49.6 Å². The third kappa shape index (κ3) is 5.86. The number of benzene rings is 7. The molecule has 0 radical (unpaired) electrons. The zero-order valence-electron chi connectivity index (χ0n) is 31.1. The van der Waals surface area contributed by atoms with Crippen molar-refractivity contribution < 1.29 is 4.42 Å². The van der Waals surface area contributed by atoms with Crippen LogP contribution in [0, 0.1) is 0 Å². The molecule has 9 aromatic rings. The van der Waals surface area contributed by atoms with E-state index in [4.69, 9.17) is 19.4 Å². The minimum Gasteiger partial charge on any atom is -0.455 e. The molecular weight excluding hydrogens is 653 g/mol. The second-order valence-corrected chi connectivity index (χ2v) is 14.2. The molecule has 0 saturated carbocycles. The second kappa shape index (κ2) is 13.6. The summed E-state index contributed by atoms with van der Waals surface area (Å²) in [5.74, 6) is 1.82. The Labute approximate surface area is 319 Å². The zero-order chi connectivity index (χ0) is 36.9. The van der Waals surface area contributed by atoms with Gasteiger partial charge in [-0.25, -0.2) is 15.0 Å². The van der Waals surface area contributed by atoms with E-state index < -0.39 is 0 Å². The van der Waals surface area contributed by atoms with Crippen molar-refractivity contribution in [1.82, 2.24) is 15.0 Å². The molecule has 9 rings (SSSR count). The summed E-state index contributed by atoms with van der Waals surface area (Å²) in [6, 6.07) is 50.6. The lowest BCUT2D eigenvalue weighted by Crippen LogP contribution is -2.55. The number of para-hydroxylation sites is 1. The van der Waals surface area contributed by atoms with Gasteiger partial charge in [-0.05, 0) is 51.6 Å². The fraction of sp³-hybridized carbons (Fsp3) is 0. The highest BCUT2D eigenvalue weighted by atomic mass is 16.3. The first-order valence-electron chi connectivity index (χ1n) is 18.4. The van der Waals surface area contributed by atoms with Crippen LogP contribution >= 0.6 is 0 Å². The highest BCUT2D eigenvalue weighted by molar-refractivity contribution is 6.68. The molecule has 2 heterocycles. The van der Waals surface area contributed by atoms with Crippen LogP contribution < -0.4 is 27.3 Å². The Balaban J connectivity index is 1.05. The Morgan fingerprint density at radius 1 is 0.352 bits per heavy atom. The standard InChI is InChI=1S/C45H34B5N3O/c46-37-36(38(47)40(49)41(50)39(37)48)28-20-18-26(19-21-28)25-14-16-27(17-15-25)31-22-23-35-34(24-31)32-12-7-13-33(42(32)54-35)45-52-43(29-8-3-1-4-9-29)51-44(53-45)30-10-5-2-6-11-30/h1-24H,46-50H2.